The third kappa shape index (κ3) is 4.00. The number of benzene rings is 1. The molecule has 0 unspecified atom stereocenters. The van der Waals surface area contributed by atoms with Crippen LogP contribution >= 0.6 is 0 Å². The lowest BCUT2D eigenvalue weighted by atomic mass is 9.68. The highest BCUT2D eigenvalue weighted by atomic mass is 16.5. The highest BCUT2D eigenvalue weighted by Crippen LogP contribution is 2.43. The van der Waals surface area contributed by atoms with Crippen molar-refractivity contribution in [3.63, 3.8) is 0 Å². The van der Waals surface area contributed by atoms with Crippen LogP contribution in [0.1, 0.15) is 61.6 Å². The van der Waals surface area contributed by atoms with Crippen molar-refractivity contribution in [2.75, 3.05) is 13.7 Å². The molecule has 1 aliphatic carbocycles. The van der Waals surface area contributed by atoms with Gasteiger partial charge in [0.25, 0.3) is 0 Å². The van der Waals surface area contributed by atoms with E-state index in [-0.39, 0.29) is 0 Å². The summed E-state index contributed by atoms with van der Waals surface area (Å²) in [5.74, 6) is 1.04. The number of hydrogen-bond donors (Lipinski definition) is 1. The number of aryl methyl sites for hydroxylation is 3. The van der Waals surface area contributed by atoms with E-state index < -0.39 is 0 Å². The predicted octanol–water partition coefficient (Wildman–Crippen LogP) is 4.54. The summed E-state index contributed by atoms with van der Waals surface area (Å²) in [5, 5.41) is 0. The lowest BCUT2D eigenvalue weighted by Gasteiger charge is -2.37. The van der Waals surface area contributed by atoms with Gasteiger partial charge in [0.2, 0.25) is 0 Å². The lowest BCUT2D eigenvalue weighted by molar-refractivity contribution is 0.161. The van der Waals surface area contributed by atoms with Gasteiger partial charge >= 0.3 is 0 Å². The van der Waals surface area contributed by atoms with Crippen LogP contribution in [-0.4, -0.2) is 13.7 Å². The quantitative estimate of drug-likeness (QED) is 0.834. The maximum atomic E-state index is 5.88. The summed E-state index contributed by atoms with van der Waals surface area (Å²) < 4.78 is 5.47. The Morgan fingerprint density at radius 2 is 1.67 bits per heavy atom. The molecular formula is C19H31NO. The third-order valence-corrected chi connectivity index (χ3v) is 5.26. The van der Waals surface area contributed by atoms with Crippen molar-refractivity contribution in [3.8, 4) is 5.75 Å². The Morgan fingerprint density at radius 3 is 2.19 bits per heavy atom. The Kier molecular flexibility index (Phi) is 5.69. The van der Waals surface area contributed by atoms with Gasteiger partial charge in [-0.05, 0) is 74.6 Å². The van der Waals surface area contributed by atoms with Crippen LogP contribution in [0.5, 0.6) is 5.75 Å². The van der Waals surface area contributed by atoms with Gasteiger partial charge in [0.15, 0.2) is 0 Å². The molecule has 0 spiro atoms. The van der Waals surface area contributed by atoms with E-state index in [1.165, 1.54) is 68.1 Å². The van der Waals surface area contributed by atoms with Gasteiger partial charge in [-0.3, -0.25) is 0 Å². The van der Waals surface area contributed by atoms with Crippen molar-refractivity contribution in [2.24, 2.45) is 11.1 Å². The van der Waals surface area contributed by atoms with Crippen LogP contribution in [0.4, 0.5) is 0 Å². The van der Waals surface area contributed by atoms with Crippen molar-refractivity contribution in [1.29, 1.82) is 0 Å². The molecule has 2 rings (SSSR count). The molecule has 21 heavy (non-hydrogen) atoms. The number of hydrogen-bond acceptors (Lipinski definition) is 2. The van der Waals surface area contributed by atoms with Crippen molar-refractivity contribution in [3.05, 3.63) is 28.8 Å². The zero-order valence-corrected chi connectivity index (χ0v) is 14.0. The molecule has 0 heterocycles. The van der Waals surface area contributed by atoms with Gasteiger partial charge in [-0.25, -0.2) is 0 Å². The summed E-state index contributed by atoms with van der Waals surface area (Å²) in [6.07, 6.45) is 10.6. The number of methoxy groups -OCH3 is 1. The molecule has 0 atom stereocenters. The molecule has 0 aromatic heterocycles. The number of rotatable bonds is 6. The van der Waals surface area contributed by atoms with Gasteiger partial charge < -0.3 is 10.5 Å². The average molecular weight is 289 g/mol. The molecule has 1 fully saturated rings. The van der Waals surface area contributed by atoms with Gasteiger partial charge in [-0.1, -0.05) is 31.4 Å². The first-order valence-corrected chi connectivity index (χ1v) is 8.44. The minimum Gasteiger partial charge on any atom is -0.496 e. The first kappa shape index (κ1) is 16.4. The molecule has 0 amide bonds. The van der Waals surface area contributed by atoms with Crippen LogP contribution < -0.4 is 10.5 Å². The number of ether oxygens (including phenoxy) is 1. The van der Waals surface area contributed by atoms with Crippen LogP contribution in [0.3, 0.4) is 0 Å². The topological polar surface area (TPSA) is 35.2 Å². The first-order chi connectivity index (χ1) is 10.1. The van der Waals surface area contributed by atoms with Crippen molar-refractivity contribution in [1.82, 2.24) is 0 Å². The molecule has 2 nitrogen and oxygen atoms in total. The molecule has 0 aliphatic heterocycles. The molecular weight excluding hydrogens is 258 g/mol. The summed E-state index contributed by atoms with van der Waals surface area (Å²) in [5.41, 5.74) is 10.4. The molecule has 118 valence electrons. The van der Waals surface area contributed by atoms with Gasteiger partial charge in [-0.15, -0.1) is 0 Å². The van der Waals surface area contributed by atoms with Crippen molar-refractivity contribution >= 4 is 0 Å². The zero-order chi connectivity index (χ0) is 15.3. The molecule has 0 radical (unpaired) electrons. The van der Waals surface area contributed by atoms with E-state index in [4.69, 9.17) is 10.5 Å². The fourth-order valence-electron chi connectivity index (χ4n) is 4.15. The van der Waals surface area contributed by atoms with E-state index in [0.29, 0.717) is 5.41 Å². The second-order valence-corrected chi connectivity index (χ2v) is 6.86. The molecule has 1 aliphatic rings. The van der Waals surface area contributed by atoms with E-state index in [9.17, 15) is 0 Å². The monoisotopic (exact) mass is 289 g/mol. The summed E-state index contributed by atoms with van der Waals surface area (Å²) in [7, 11) is 1.76. The van der Waals surface area contributed by atoms with Gasteiger partial charge in [0, 0.05) is 0 Å². The summed E-state index contributed by atoms with van der Waals surface area (Å²) in [4.78, 5) is 0. The van der Waals surface area contributed by atoms with E-state index in [1.54, 1.807) is 7.11 Å². The Morgan fingerprint density at radius 1 is 1.05 bits per heavy atom. The van der Waals surface area contributed by atoms with Crippen molar-refractivity contribution in [2.45, 2.75) is 65.2 Å². The SMILES string of the molecule is COc1c(C)cc(CCC2(CCN)CCCCC2)cc1C. The molecule has 2 N–H and O–H groups in total. The second-order valence-electron chi connectivity index (χ2n) is 6.86. The largest absolute Gasteiger partial charge is 0.496 e. The third-order valence-electron chi connectivity index (χ3n) is 5.26. The van der Waals surface area contributed by atoms with E-state index in [0.717, 1.165) is 12.3 Å². The highest BCUT2D eigenvalue weighted by molar-refractivity contribution is 5.43. The maximum absolute atomic E-state index is 5.88. The summed E-state index contributed by atoms with van der Waals surface area (Å²) >= 11 is 0. The average Bonchev–Trinajstić information content (AvgIpc) is 2.46. The van der Waals surface area contributed by atoms with E-state index in [2.05, 4.69) is 26.0 Å². The van der Waals surface area contributed by atoms with Gasteiger partial charge in [-0.2, -0.15) is 0 Å². The summed E-state index contributed by atoms with van der Waals surface area (Å²) in [6, 6.07) is 4.59. The van der Waals surface area contributed by atoms with Crippen LogP contribution in [0.25, 0.3) is 0 Å². The molecule has 1 aromatic rings. The normalized spacial score (nSPS) is 17.7. The van der Waals surface area contributed by atoms with Crippen molar-refractivity contribution < 1.29 is 4.74 Å². The molecule has 2 heteroatoms. The highest BCUT2D eigenvalue weighted by Gasteiger charge is 2.30. The Balaban J connectivity index is 2.07. The van der Waals surface area contributed by atoms with Crippen LogP contribution in [0.15, 0.2) is 12.1 Å². The molecule has 0 saturated heterocycles. The number of nitrogens with two attached hydrogens (primary N) is 1. The second kappa shape index (κ2) is 7.31. The standard InChI is InChI=1S/C19H31NO/c1-15-13-17(14-16(2)18(15)21-3)7-10-19(11-12-20)8-5-4-6-9-19/h13-14H,4-12,20H2,1-3H3. The first-order valence-electron chi connectivity index (χ1n) is 8.44. The summed E-state index contributed by atoms with van der Waals surface area (Å²) in [6.45, 7) is 5.12. The smallest absolute Gasteiger partial charge is 0.124 e. The fourth-order valence-corrected chi connectivity index (χ4v) is 4.15. The molecule has 1 saturated carbocycles. The van der Waals surface area contributed by atoms with Crippen LogP contribution in [-0.2, 0) is 6.42 Å². The van der Waals surface area contributed by atoms with Gasteiger partial charge in [0.05, 0.1) is 7.11 Å². The Labute approximate surface area is 130 Å². The Hall–Kier alpha value is -1.02. The fraction of sp³-hybridized carbons (Fsp3) is 0.684. The maximum Gasteiger partial charge on any atom is 0.124 e. The zero-order valence-electron chi connectivity index (χ0n) is 14.0. The van der Waals surface area contributed by atoms with E-state index >= 15 is 0 Å². The van der Waals surface area contributed by atoms with Crippen LogP contribution in [0, 0.1) is 19.3 Å². The van der Waals surface area contributed by atoms with Crippen LogP contribution in [0.2, 0.25) is 0 Å². The minimum atomic E-state index is 0.509. The Bertz CT molecular complexity index is 432. The minimum absolute atomic E-state index is 0.509. The molecule has 0 bridgehead atoms. The predicted molar refractivity (Wildman–Crippen MR) is 90.0 cm³/mol. The molecule has 1 aromatic carbocycles. The lowest BCUT2D eigenvalue weighted by Crippen LogP contribution is -2.28. The van der Waals surface area contributed by atoms with E-state index in [1.807, 2.05) is 0 Å². The van der Waals surface area contributed by atoms with Gasteiger partial charge in [0.1, 0.15) is 5.75 Å².